The first-order chi connectivity index (χ1) is 4.06. The summed E-state index contributed by atoms with van der Waals surface area (Å²) in [5, 5.41) is 18.0. The molecule has 0 saturated heterocycles. The standard InChI is InChI=1S/C5H8O4.Na/c1-3-5(2,9-8)4(6)7;/h3,8H,1H2,2H3,(H,6,7);/q;+1/p-1. The first-order valence-corrected chi connectivity index (χ1v) is 2.24. The second kappa shape index (κ2) is 4.87. The summed E-state index contributed by atoms with van der Waals surface area (Å²) in [7, 11) is 0. The second-order valence-electron chi connectivity index (χ2n) is 1.69. The fraction of sp³-hybridized carbons (Fsp3) is 0.400. The van der Waals surface area contributed by atoms with E-state index in [2.05, 4.69) is 11.5 Å². The van der Waals surface area contributed by atoms with Gasteiger partial charge in [-0.25, -0.2) is 4.89 Å². The van der Waals surface area contributed by atoms with Crippen LogP contribution in [0, 0.1) is 0 Å². The zero-order valence-electron chi connectivity index (χ0n) is 5.96. The van der Waals surface area contributed by atoms with Gasteiger partial charge in [0.2, 0.25) is 0 Å². The summed E-state index contributed by atoms with van der Waals surface area (Å²) in [6.45, 7) is 4.24. The number of rotatable bonds is 3. The molecular weight excluding hydrogens is 147 g/mol. The molecule has 1 N–H and O–H groups in total. The Morgan fingerprint density at radius 2 is 2.30 bits per heavy atom. The number of carbonyl (C=O) groups excluding carboxylic acids is 1. The summed E-state index contributed by atoms with van der Waals surface area (Å²) in [4.78, 5) is 13.6. The normalized spacial score (nSPS) is 14.6. The number of aliphatic carboxylic acids is 1. The van der Waals surface area contributed by atoms with E-state index in [9.17, 15) is 9.90 Å². The minimum atomic E-state index is -1.79. The van der Waals surface area contributed by atoms with E-state index in [-0.39, 0.29) is 29.6 Å². The van der Waals surface area contributed by atoms with Crippen LogP contribution in [0.1, 0.15) is 6.92 Å². The van der Waals surface area contributed by atoms with Gasteiger partial charge in [-0.2, -0.15) is 0 Å². The number of hydrogen-bond acceptors (Lipinski definition) is 4. The van der Waals surface area contributed by atoms with E-state index < -0.39 is 11.6 Å². The molecule has 0 aliphatic heterocycles. The SMILES string of the molecule is C=CC(C)(OO)C(=O)[O-].[Na+]. The van der Waals surface area contributed by atoms with Crippen LogP contribution >= 0.6 is 0 Å². The molecule has 0 radical (unpaired) electrons. The van der Waals surface area contributed by atoms with Gasteiger partial charge in [0.15, 0.2) is 5.60 Å². The van der Waals surface area contributed by atoms with E-state index in [0.717, 1.165) is 13.0 Å². The first kappa shape index (κ1) is 12.8. The Hall–Kier alpha value is 0.130. The molecule has 0 fully saturated rings. The number of carboxylic acids is 1. The molecule has 1 atom stereocenters. The molecule has 1 unspecified atom stereocenters. The monoisotopic (exact) mass is 154 g/mol. The van der Waals surface area contributed by atoms with Crippen molar-refractivity contribution in [2.75, 3.05) is 0 Å². The molecule has 0 aliphatic rings. The summed E-state index contributed by atoms with van der Waals surface area (Å²) in [6, 6.07) is 0. The predicted octanol–water partition coefficient (Wildman–Crippen LogP) is -3.83. The maximum atomic E-state index is 10.0. The minimum absolute atomic E-state index is 0. The smallest absolute Gasteiger partial charge is 0.547 e. The topological polar surface area (TPSA) is 69.6 Å². The van der Waals surface area contributed by atoms with Crippen molar-refractivity contribution < 1.29 is 49.6 Å². The van der Waals surface area contributed by atoms with E-state index >= 15 is 0 Å². The van der Waals surface area contributed by atoms with Crippen LogP contribution in [-0.2, 0) is 9.68 Å². The predicted molar refractivity (Wildman–Crippen MR) is 27.3 cm³/mol. The maximum Gasteiger partial charge on any atom is 1.00 e. The Kier molecular flexibility index (Phi) is 6.22. The van der Waals surface area contributed by atoms with Gasteiger partial charge < -0.3 is 9.90 Å². The molecule has 0 amide bonds. The molecule has 52 valence electrons. The van der Waals surface area contributed by atoms with Crippen LogP contribution in [0.25, 0.3) is 0 Å². The van der Waals surface area contributed by atoms with Gasteiger partial charge in [0, 0.05) is 0 Å². The quantitative estimate of drug-likeness (QED) is 0.196. The zero-order valence-corrected chi connectivity index (χ0v) is 7.96. The van der Waals surface area contributed by atoms with Gasteiger partial charge in [0.1, 0.15) is 0 Å². The van der Waals surface area contributed by atoms with Crippen molar-refractivity contribution in [1.29, 1.82) is 0 Å². The molecule has 0 saturated carbocycles. The van der Waals surface area contributed by atoms with Gasteiger partial charge in [-0.15, -0.1) is 0 Å². The molecule has 0 aromatic rings. The molecule has 5 heteroatoms. The molecule has 0 rings (SSSR count). The van der Waals surface area contributed by atoms with E-state index in [1.165, 1.54) is 0 Å². The Balaban J connectivity index is 0. The van der Waals surface area contributed by atoms with E-state index in [1.807, 2.05) is 0 Å². The molecule has 0 bridgehead atoms. The van der Waals surface area contributed by atoms with Crippen molar-refractivity contribution in [2.45, 2.75) is 12.5 Å². The Bertz CT molecular complexity index is 136. The fourth-order valence-electron chi connectivity index (χ4n) is 0.158. The third-order valence-electron chi connectivity index (χ3n) is 0.984. The van der Waals surface area contributed by atoms with Crippen molar-refractivity contribution in [3.8, 4) is 0 Å². The van der Waals surface area contributed by atoms with Crippen LogP contribution in [0.15, 0.2) is 12.7 Å². The van der Waals surface area contributed by atoms with Crippen LogP contribution in [0.4, 0.5) is 0 Å². The Labute approximate surface area is 80.7 Å². The Morgan fingerprint density at radius 3 is 2.30 bits per heavy atom. The summed E-state index contributed by atoms with van der Waals surface area (Å²) >= 11 is 0. The van der Waals surface area contributed by atoms with E-state index in [1.54, 1.807) is 0 Å². The molecule has 0 aromatic carbocycles. The molecule has 0 heterocycles. The first-order valence-electron chi connectivity index (χ1n) is 2.24. The van der Waals surface area contributed by atoms with Crippen LogP contribution < -0.4 is 34.7 Å². The Morgan fingerprint density at radius 1 is 1.90 bits per heavy atom. The van der Waals surface area contributed by atoms with Crippen LogP contribution in [0.3, 0.4) is 0 Å². The number of carboxylic acid groups (broad SMARTS) is 1. The summed E-state index contributed by atoms with van der Waals surface area (Å²) in [6.07, 6.45) is 0.933. The molecule has 0 spiro atoms. The fourth-order valence-corrected chi connectivity index (χ4v) is 0.158. The van der Waals surface area contributed by atoms with Crippen molar-refractivity contribution in [3.63, 3.8) is 0 Å². The van der Waals surface area contributed by atoms with E-state index in [4.69, 9.17) is 5.26 Å². The van der Waals surface area contributed by atoms with Gasteiger partial charge >= 0.3 is 29.6 Å². The van der Waals surface area contributed by atoms with Crippen molar-refractivity contribution >= 4 is 5.97 Å². The third-order valence-corrected chi connectivity index (χ3v) is 0.984. The molecule has 0 aliphatic carbocycles. The number of carbonyl (C=O) groups is 1. The largest absolute Gasteiger partial charge is 1.00 e. The van der Waals surface area contributed by atoms with Gasteiger partial charge in [-0.3, -0.25) is 5.26 Å². The summed E-state index contributed by atoms with van der Waals surface area (Å²) in [5.74, 6) is -1.53. The molecule has 4 nitrogen and oxygen atoms in total. The van der Waals surface area contributed by atoms with Crippen LogP contribution in [0.2, 0.25) is 0 Å². The average Bonchev–Trinajstić information content (AvgIpc) is 1.86. The van der Waals surface area contributed by atoms with E-state index in [0.29, 0.717) is 0 Å². The van der Waals surface area contributed by atoms with Gasteiger partial charge in [-0.1, -0.05) is 12.7 Å². The average molecular weight is 154 g/mol. The molecule has 10 heavy (non-hydrogen) atoms. The zero-order chi connectivity index (χ0) is 7.49. The van der Waals surface area contributed by atoms with Crippen molar-refractivity contribution in [1.82, 2.24) is 0 Å². The molecular formula is C5H7NaO4. The minimum Gasteiger partial charge on any atom is -0.547 e. The van der Waals surface area contributed by atoms with Crippen LogP contribution in [-0.4, -0.2) is 16.8 Å². The second-order valence-corrected chi connectivity index (χ2v) is 1.69. The van der Waals surface area contributed by atoms with Gasteiger partial charge in [0.25, 0.3) is 0 Å². The van der Waals surface area contributed by atoms with Crippen molar-refractivity contribution in [2.24, 2.45) is 0 Å². The van der Waals surface area contributed by atoms with Crippen LogP contribution in [0.5, 0.6) is 0 Å². The van der Waals surface area contributed by atoms with Gasteiger partial charge in [0.05, 0.1) is 5.97 Å². The summed E-state index contributed by atoms with van der Waals surface area (Å²) in [5.41, 5.74) is -1.79. The third kappa shape index (κ3) is 2.81. The molecule has 0 aromatic heterocycles. The summed E-state index contributed by atoms with van der Waals surface area (Å²) < 4.78 is 0. The van der Waals surface area contributed by atoms with Crippen molar-refractivity contribution in [3.05, 3.63) is 12.7 Å². The maximum absolute atomic E-state index is 10.0. The number of hydrogen-bond donors (Lipinski definition) is 1. The van der Waals surface area contributed by atoms with Gasteiger partial charge in [-0.05, 0) is 6.92 Å².